The number of rotatable bonds is 2. The minimum Gasteiger partial charge on any atom is -0.339 e. The van der Waals surface area contributed by atoms with E-state index in [4.69, 9.17) is 0 Å². The molecule has 2 heterocycles. The number of imidazole rings is 1. The summed E-state index contributed by atoms with van der Waals surface area (Å²) in [6.45, 7) is 0. The van der Waals surface area contributed by atoms with Gasteiger partial charge < -0.3 is 4.98 Å². The van der Waals surface area contributed by atoms with Crippen LogP contribution in [0.2, 0.25) is 0 Å². The number of pyridine rings is 1. The highest BCUT2D eigenvalue weighted by atomic mass is 32.2. The highest BCUT2D eigenvalue weighted by molar-refractivity contribution is 7.99. The van der Waals surface area contributed by atoms with Gasteiger partial charge >= 0.3 is 0 Å². The highest BCUT2D eigenvalue weighted by Crippen LogP contribution is 2.23. The zero-order chi connectivity index (χ0) is 9.10. The number of H-pyrrole nitrogens is 1. The summed E-state index contributed by atoms with van der Waals surface area (Å²) >= 11 is 1.36. The van der Waals surface area contributed by atoms with E-state index in [0.717, 1.165) is 10.1 Å². The lowest BCUT2D eigenvalue weighted by atomic mass is 10.5. The minimum atomic E-state index is -0.475. The minimum absolute atomic E-state index is 0.475. The summed E-state index contributed by atoms with van der Waals surface area (Å²) in [5.41, 5.74) is 0. The van der Waals surface area contributed by atoms with Crippen molar-refractivity contribution in [1.29, 1.82) is 0 Å². The van der Waals surface area contributed by atoms with Crippen molar-refractivity contribution < 1.29 is 4.39 Å². The van der Waals surface area contributed by atoms with Gasteiger partial charge in [0.2, 0.25) is 5.95 Å². The Labute approximate surface area is 78.4 Å². The maximum atomic E-state index is 12.6. The van der Waals surface area contributed by atoms with Crippen molar-refractivity contribution in [2.45, 2.75) is 10.1 Å². The smallest absolute Gasteiger partial charge is 0.213 e. The van der Waals surface area contributed by atoms with Crippen molar-refractivity contribution in [3.8, 4) is 0 Å². The van der Waals surface area contributed by atoms with Crippen molar-refractivity contribution in [2.75, 3.05) is 0 Å². The van der Waals surface area contributed by atoms with Gasteiger partial charge in [0.1, 0.15) is 0 Å². The summed E-state index contributed by atoms with van der Waals surface area (Å²) in [4.78, 5) is 11.2. The molecule has 66 valence electrons. The molecule has 5 heteroatoms. The zero-order valence-electron chi connectivity index (χ0n) is 6.57. The van der Waals surface area contributed by atoms with Crippen LogP contribution in [0, 0.1) is 5.95 Å². The number of hydrogen-bond donors (Lipinski definition) is 1. The molecule has 0 fully saturated rings. The first-order valence-electron chi connectivity index (χ1n) is 3.63. The molecular weight excluding hydrogens is 189 g/mol. The lowest BCUT2D eigenvalue weighted by Crippen LogP contribution is -1.81. The van der Waals surface area contributed by atoms with Crippen LogP contribution in [0.25, 0.3) is 0 Å². The molecule has 0 unspecified atom stereocenters. The lowest BCUT2D eigenvalue weighted by molar-refractivity contribution is 0.579. The first-order valence-corrected chi connectivity index (χ1v) is 4.45. The molecule has 0 spiro atoms. The number of nitrogens with one attached hydrogen (secondary N) is 1. The van der Waals surface area contributed by atoms with Crippen LogP contribution >= 0.6 is 11.8 Å². The molecule has 0 atom stereocenters. The van der Waals surface area contributed by atoms with Crippen LogP contribution in [0.4, 0.5) is 4.39 Å². The van der Waals surface area contributed by atoms with Crippen molar-refractivity contribution in [3.05, 3.63) is 36.7 Å². The Morgan fingerprint density at radius 1 is 1.31 bits per heavy atom. The van der Waals surface area contributed by atoms with E-state index in [9.17, 15) is 4.39 Å². The van der Waals surface area contributed by atoms with Crippen LogP contribution in [0.1, 0.15) is 0 Å². The van der Waals surface area contributed by atoms with Crippen LogP contribution in [0.5, 0.6) is 0 Å². The topological polar surface area (TPSA) is 41.6 Å². The molecule has 0 aliphatic carbocycles. The van der Waals surface area contributed by atoms with E-state index in [-0.39, 0.29) is 0 Å². The molecule has 3 nitrogen and oxygen atoms in total. The summed E-state index contributed by atoms with van der Waals surface area (Å²) in [6.07, 6.45) is 4.81. The molecule has 0 radical (unpaired) electrons. The van der Waals surface area contributed by atoms with Gasteiger partial charge in [-0.3, -0.25) is 0 Å². The standard InChI is InChI=1S/C8H6FN3S/c9-7-5-6(1-2-10-7)13-8-11-3-4-12-8/h1-5H,(H,11,12). The average Bonchev–Trinajstić information content (AvgIpc) is 2.57. The van der Waals surface area contributed by atoms with Crippen molar-refractivity contribution in [3.63, 3.8) is 0 Å². The Bertz CT molecular complexity index is 388. The summed E-state index contributed by atoms with van der Waals surface area (Å²) in [7, 11) is 0. The van der Waals surface area contributed by atoms with E-state index >= 15 is 0 Å². The first kappa shape index (κ1) is 8.25. The number of nitrogens with zero attached hydrogens (tertiary/aromatic N) is 2. The summed E-state index contributed by atoms with van der Waals surface area (Å²) < 4.78 is 12.6. The summed E-state index contributed by atoms with van der Waals surface area (Å²) in [5, 5.41) is 0.741. The fourth-order valence-corrected chi connectivity index (χ4v) is 1.62. The third-order valence-electron chi connectivity index (χ3n) is 1.39. The van der Waals surface area contributed by atoms with E-state index in [1.807, 2.05) is 0 Å². The van der Waals surface area contributed by atoms with E-state index < -0.39 is 5.95 Å². The molecule has 0 aliphatic rings. The van der Waals surface area contributed by atoms with Crippen LogP contribution in [-0.2, 0) is 0 Å². The van der Waals surface area contributed by atoms with Crippen molar-refractivity contribution in [1.82, 2.24) is 15.0 Å². The Morgan fingerprint density at radius 3 is 2.92 bits per heavy atom. The SMILES string of the molecule is Fc1cc(Sc2ncc[nH]2)ccn1. The van der Waals surface area contributed by atoms with Gasteiger partial charge in [-0.05, 0) is 6.07 Å². The molecule has 1 N–H and O–H groups in total. The molecular formula is C8H6FN3S. The van der Waals surface area contributed by atoms with Crippen LogP contribution in [0.15, 0.2) is 40.8 Å². The Kier molecular flexibility index (Phi) is 2.27. The lowest BCUT2D eigenvalue weighted by Gasteiger charge is -1.96. The van der Waals surface area contributed by atoms with Crippen molar-refractivity contribution >= 4 is 11.8 Å². The monoisotopic (exact) mass is 195 g/mol. The van der Waals surface area contributed by atoms with E-state index in [0.29, 0.717) is 0 Å². The molecule has 0 saturated carbocycles. The van der Waals surface area contributed by atoms with Gasteiger partial charge in [0, 0.05) is 29.6 Å². The molecule has 0 amide bonds. The molecule has 2 aromatic heterocycles. The van der Waals surface area contributed by atoms with Crippen LogP contribution in [0.3, 0.4) is 0 Å². The number of halogens is 1. The largest absolute Gasteiger partial charge is 0.339 e. The Morgan fingerprint density at radius 2 is 2.23 bits per heavy atom. The highest BCUT2D eigenvalue weighted by Gasteiger charge is 2.00. The van der Waals surface area contributed by atoms with Crippen LogP contribution < -0.4 is 0 Å². The normalized spacial score (nSPS) is 10.2. The van der Waals surface area contributed by atoms with Gasteiger partial charge in [-0.1, -0.05) is 11.8 Å². The molecule has 13 heavy (non-hydrogen) atoms. The fraction of sp³-hybridized carbons (Fsp3) is 0. The number of aromatic amines is 1. The summed E-state index contributed by atoms with van der Waals surface area (Å²) in [6, 6.07) is 3.10. The maximum Gasteiger partial charge on any atom is 0.213 e. The quantitative estimate of drug-likeness (QED) is 0.746. The molecule has 0 bridgehead atoms. The molecule has 2 rings (SSSR count). The van der Waals surface area contributed by atoms with Crippen LogP contribution in [-0.4, -0.2) is 15.0 Å². The third-order valence-corrected chi connectivity index (χ3v) is 2.29. The predicted octanol–water partition coefficient (Wildman–Crippen LogP) is 2.09. The second-order valence-electron chi connectivity index (χ2n) is 2.31. The van der Waals surface area contributed by atoms with Crippen molar-refractivity contribution in [2.24, 2.45) is 0 Å². The molecule has 2 aromatic rings. The second-order valence-corrected chi connectivity index (χ2v) is 3.37. The van der Waals surface area contributed by atoms with E-state index in [2.05, 4.69) is 15.0 Å². The van der Waals surface area contributed by atoms with Gasteiger partial charge in [0.15, 0.2) is 5.16 Å². The van der Waals surface area contributed by atoms with Gasteiger partial charge in [-0.15, -0.1) is 0 Å². The van der Waals surface area contributed by atoms with Gasteiger partial charge in [-0.25, -0.2) is 9.97 Å². The second kappa shape index (κ2) is 3.57. The average molecular weight is 195 g/mol. The Balaban J connectivity index is 2.19. The first-order chi connectivity index (χ1) is 6.34. The Hall–Kier alpha value is -1.36. The van der Waals surface area contributed by atoms with E-state index in [1.54, 1.807) is 18.5 Å². The summed E-state index contributed by atoms with van der Waals surface area (Å²) in [5.74, 6) is -0.475. The molecule has 0 aromatic carbocycles. The van der Waals surface area contributed by atoms with Gasteiger partial charge in [0.05, 0.1) is 0 Å². The van der Waals surface area contributed by atoms with E-state index in [1.165, 1.54) is 24.0 Å². The number of aromatic nitrogens is 3. The van der Waals surface area contributed by atoms with Gasteiger partial charge in [0.25, 0.3) is 0 Å². The third kappa shape index (κ3) is 2.06. The predicted molar refractivity (Wildman–Crippen MR) is 46.9 cm³/mol. The zero-order valence-corrected chi connectivity index (χ0v) is 7.38. The maximum absolute atomic E-state index is 12.6. The molecule has 0 aliphatic heterocycles. The van der Waals surface area contributed by atoms with Gasteiger partial charge in [-0.2, -0.15) is 4.39 Å². The molecule has 0 saturated heterocycles. The fourth-order valence-electron chi connectivity index (χ4n) is 0.866. The number of hydrogen-bond acceptors (Lipinski definition) is 3.